The molecule has 6 nitrogen and oxygen atoms in total. The quantitative estimate of drug-likeness (QED) is 0.850. The van der Waals surface area contributed by atoms with Gasteiger partial charge in [-0.3, -0.25) is 9.10 Å². The van der Waals surface area contributed by atoms with Gasteiger partial charge in [-0.05, 0) is 44.0 Å². The van der Waals surface area contributed by atoms with Crippen molar-refractivity contribution in [2.45, 2.75) is 51.1 Å². The molecule has 2 rings (SSSR count). The molecule has 1 saturated carbocycles. The van der Waals surface area contributed by atoms with Gasteiger partial charge in [-0.1, -0.05) is 19.3 Å². The van der Waals surface area contributed by atoms with Crippen molar-refractivity contribution in [2.75, 3.05) is 17.7 Å². The maximum atomic E-state index is 12.6. The Morgan fingerprint density at radius 3 is 2.29 bits per heavy atom. The van der Waals surface area contributed by atoms with E-state index < -0.39 is 16.1 Å². The largest absolute Gasteiger partial charge is 0.497 e. The van der Waals surface area contributed by atoms with E-state index in [4.69, 9.17) is 4.74 Å². The summed E-state index contributed by atoms with van der Waals surface area (Å²) < 4.78 is 30.7. The first-order chi connectivity index (χ1) is 11.3. The number of carbonyl (C=O) groups is 1. The molecular formula is C17H26N2O4S. The molecule has 1 amide bonds. The van der Waals surface area contributed by atoms with Gasteiger partial charge in [-0.25, -0.2) is 8.42 Å². The Kier molecular flexibility index (Phi) is 6.10. The number of methoxy groups -OCH3 is 1. The van der Waals surface area contributed by atoms with Crippen molar-refractivity contribution in [2.24, 2.45) is 0 Å². The molecule has 0 bridgehead atoms. The van der Waals surface area contributed by atoms with Crippen molar-refractivity contribution in [3.8, 4) is 5.75 Å². The highest BCUT2D eigenvalue weighted by Crippen LogP contribution is 2.24. The molecule has 134 valence electrons. The highest BCUT2D eigenvalue weighted by atomic mass is 32.2. The summed E-state index contributed by atoms with van der Waals surface area (Å²) in [7, 11) is -2.05. The van der Waals surface area contributed by atoms with E-state index in [1.165, 1.54) is 6.42 Å². The van der Waals surface area contributed by atoms with Crippen molar-refractivity contribution < 1.29 is 17.9 Å². The lowest BCUT2D eigenvalue weighted by atomic mass is 9.95. The molecule has 1 aromatic carbocycles. The minimum atomic E-state index is -3.59. The van der Waals surface area contributed by atoms with Crippen LogP contribution in [0.25, 0.3) is 0 Å². The number of anilines is 1. The van der Waals surface area contributed by atoms with Crippen LogP contribution in [0, 0.1) is 0 Å². The van der Waals surface area contributed by atoms with Gasteiger partial charge in [-0.2, -0.15) is 0 Å². The maximum Gasteiger partial charge on any atom is 0.243 e. The third kappa shape index (κ3) is 4.63. The molecule has 1 aromatic rings. The minimum absolute atomic E-state index is 0.144. The van der Waals surface area contributed by atoms with Crippen LogP contribution in [0.4, 0.5) is 5.69 Å². The van der Waals surface area contributed by atoms with Crippen LogP contribution in [-0.4, -0.2) is 39.8 Å². The summed E-state index contributed by atoms with van der Waals surface area (Å²) in [5.74, 6) is 0.370. The summed E-state index contributed by atoms with van der Waals surface area (Å²) in [6.45, 7) is 1.61. The van der Waals surface area contributed by atoms with Crippen molar-refractivity contribution >= 4 is 21.6 Å². The monoisotopic (exact) mass is 354 g/mol. The van der Waals surface area contributed by atoms with Gasteiger partial charge in [-0.15, -0.1) is 0 Å². The van der Waals surface area contributed by atoms with Gasteiger partial charge in [0, 0.05) is 6.04 Å². The number of amides is 1. The molecule has 0 unspecified atom stereocenters. The van der Waals surface area contributed by atoms with Crippen molar-refractivity contribution in [3.63, 3.8) is 0 Å². The number of rotatable bonds is 6. The molecule has 1 atom stereocenters. The smallest absolute Gasteiger partial charge is 0.243 e. The molecule has 1 aliphatic rings. The fourth-order valence-corrected chi connectivity index (χ4v) is 4.28. The molecule has 7 heteroatoms. The first-order valence-electron chi connectivity index (χ1n) is 8.27. The van der Waals surface area contributed by atoms with E-state index in [-0.39, 0.29) is 11.9 Å². The van der Waals surface area contributed by atoms with Crippen LogP contribution >= 0.6 is 0 Å². The maximum absolute atomic E-state index is 12.6. The summed E-state index contributed by atoms with van der Waals surface area (Å²) in [5, 5.41) is 2.99. The second-order valence-corrected chi connectivity index (χ2v) is 8.14. The summed E-state index contributed by atoms with van der Waals surface area (Å²) in [6.07, 6.45) is 6.44. The Morgan fingerprint density at radius 2 is 1.79 bits per heavy atom. The lowest BCUT2D eigenvalue weighted by Crippen LogP contribution is -2.50. The topological polar surface area (TPSA) is 75.7 Å². The van der Waals surface area contributed by atoms with Gasteiger partial charge in [0.05, 0.1) is 19.1 Å². The van der Waals surface area contributed by atoms with E-state index in [9.17, 15) is 13.2 Å². The van der Waals surface area contributed by atoms with Crippen LogP contribution in [0.1, 0.15) is 39.0 Å². The van der Waals surface area contributed by atoms with Gasteiger partial charge >= 0.3 is 0 Å². The standard InChI is InChI=1S/C17H26N2O4S/c1-13(17(20)18-14-7-5-4-6-8-14)19(24(3,21)22)15-9-11-16(23-2)12-10-15/h9-14H,4-8H2,1-3H3,(H,18,20)/t13-/m1/s1. The summed E-state index contributed by atoms with van der Waals surface area (Å²) in [5.41, 5.74) is 0.449. The number of nitrogens with one attached hydrogen (secondary N) is 1. The second-order valence-electron chi connectivity index (χ2n) is 6.28. The Hall–Kier alpha value is -1.76. The molecule has 0 saturated heterocycles. The van der Waals surface area contributed by atoms with Gasteiger partial charge in [0.15, 0.2) is 0 Å². The lowest BCUT2D eigenvalue weighted by Gasteiger charge is -2.30. The van der Waals surface area contributed by atoms with Crippen LogP contribution in [0.15, 0.2) is 24.3 Å². The molecule has 0 aliphatic heterocycles. The average molecular weight is 354 g/mol. The highest BCUT2D eigenvalue weighted by Gasteiger charge is 2.30. The molecule has 1 N–H and O–H groups in total. The number of hydrogen-bond donors (Lipinski definition) is 1. The average Bonchev–Trinajstić information content (AvgIpc) is 2.55. The Morgan fingerprint density at radius 1 is 1.21 bits per heavy atom. The molecule has 0 radical (unpaired) electrons. The van der Waals surface area contributed by atoms with E-state index in [0.717, 1.165) is 36.2 Å². The number of benzene rings is 1. The number of carbonyl (C=O) groups excluding carboxylic acids is 1. The molecular weight excluding hydrogens is 328 g/mol. The van der Waals surface area contributed by atoms with Gasteiger partial charge in [0.1, 0.15) is 11.8 Å². The summed E-state index contributed by atoms with van der Waals surface area (Å²) in [4.78, 5) is 12.6. The normalized spacial score (nSPS) is 17.1. The fraction of sp³-hybridized carbons (Fsp3) is 0.588. The zero-order valence-corrected chi connectivity index (χ0v) is 15.3. The van der Waals surface area contributed by atoms with E-state index in [1.54, 1.807) is 38.3 Å². The first kappa shape index (κ1) is 18.6. The first-order valence-corrected chi connectivity index (χ1v) is 10.1. The Labute approximate surface area is 144 Å². The third-order valence-corrected chi connectivity index (χ3v) is 5.61. The van der Waals surface area contributed by atoms with Gasteiger partial charge in [0.25, 0.3) is 0 Å². The molecule has 0 spiro atoms. The van der Waals surface area contributed by atoms with Crippen molar-refractivity contribution in [1.29, 1.82) is 0 Å². The fourth-order valence-electron chi connectivity index (χ4n) is 3.11. The lowest BCUT2D eigenvalue weighted by molar-refractivity contribution is -0.122. The number of sulfonamides is 1. The molecule has 0 heterocycles. The van der Waals surface area contributed by atoms with Crippen LogP contribution in [0.2, 0.25) is 0 Å². The van der Waals surface area contributed by atoms with Crippen LogP contribution in [0.3, 0.4) is 0 Å². The summed E-state index contributed by atoms with van der Waals surface area (Å²) in [6, 6.07) is 5.98. The number of ether oxygens (including phenoxy) is 1. The van der Waals surface area contributed by atoms with Crippen LogP contribution in [-0.2, 0) is 14.8 Å². The zero-order valence-electron chi connectivity index (χ0n) is 14.5. The molecule has 0 aromatic heterocycles. The van der Waals surface area contributed by atoms with Crippen LogP contribution < -0.4 is 14.4 Å². The minimum Gasteiger partial charge on any atom is -0.497 e. The van der Waals surface area contributed by atoms with Crippen molar-refractivity contribution in [3.05, 3.63) is 24.3 Å². The third-order valence-electron chi connectivity index (χ3n) is 4.37. The van der Waals surface area contributed by atoms with Crippen LogP contribution in [0.5, 0.6) is 5.75 Å². The van der Waals surface area contributed by atoms with E-state index in [2.05, 4.69) is 5.32 Å². The summed E-state index contributed by atoms with van der Waals surface area (Å²) >= 11 is 0. The van der Waals surface area contributed by atoms with E-state index in [0.29, 0.717) is 11.4 Å². The predicted molar refractivity (Wildman–Crippen MR) is 94.8 cm³/mol. The molecule has 24 heavy (non-hydrogen) atoms. The second kappa shape index (κ2) is 7.88. The Bertz CT molecular complexity index is 652. The SMILES string of the molecule is COc1ccc(N([C@H](C)C(=O)NC2CCCCC2)S(C)(=O)=O)cc1. The molecule has 1 aliphatic carbocycles. The number of nitrogens with zero attached hydrogens (tertiary/aromatic N) is 1. The van der Waals surface area contributed by atoms with Gasteiger partial charge in [0.2, 0.25) is 15.9 Å². The van der Waals surface area contributed by atoms with Gasteiger partial charge < -0.3 is 10.1 Å². The number of hydrogen-bond acceptors (Lipinski definition) is 4. The predicted octanol–water partition coefficient (Wildman–Crippen LogP) is 2.30. The highest BCUT2D eigenvalue weighted by molar-refractivity contribution is 7.92. The van der Waals surface area contributed by atoms with E-state index >= 15 is 0 Å². The van der Waals surface area contributed by atoms with Crippen molar-refractivity contribution in [1.82, 2.24) is 5.32 Å². The zero-order chi connectivity index (χ0) is 17.7. The van der Waals surface area contributed by atoms with E-state index in [1.807, 2.05) is 0 Å². The Balaban J connectivity index is 2.18. The molecule has 1 fully saturated rings.